The number of hydrogen-bond acceptors (Lipinski definition) is 3. The summed E-state index contributed by atoms with van der Waals surface area (Å²) in [5.41, 5.74) is 0. The van der Waals surface area contributed by atoms with E-state index in [0.717, 1.165) is 0 Å². The average Bonchev–Trinajstić information content (AvgIpc) is 2.43. The molecule has 2 unspecified atom stereocenters. The zero-order valence-corrected chi connectivity index (χ0v) is 14.9. The first-order valence-electron chi connectivity index (χ1n) is 5.98. The average molecular weight is 375 g/mol. The van der Waals surface area contributed by atoms with Gasteiger partial charge < -0.3 is 0 Å². The van der Waals surface area contributed by atoms with Gasteiger partial charge in [0.05, 0.1) is 24.0 Å². The van der Waals surface area contributed by atoms with E-state index in [1.54, 1.807) is 4.67 Å². The van der Waals surface area contributed by atoms with Gasteiger partial charge in [0.1, 0.15) is 0 Å². The predicted molar refractivity (Wildman–Crippen MR) is 83.2 cm³/mol. The molecule has 9 heteroatoms. The molecular formula is C10H20Cl4NO3P. The molecule has 0 heterocycles. The Balaban J connectivity index is 4.66. The monoisotopic (exact) mass is 373 g/mol. The van der Waals surface area contributed by atoms with Gasteiger partial charge in [0, 0.05) is 24.8 Å². The standard InChI is InChI=1S/C10H20Cl4NO3P/c1-3-15(4-2)19(16,17-7-9(13)5-11)18-8-10(14)6-12/h9-10H,3-8H2,1-2H3. The molecule has 0 bridgehead atoms. The van der Waals surface area contributed by atoms with Crippen LogP contribution in [0.1, 0.15) is 13.8 Å². The minimum atomic E-state index is -3.42. The van der Waals surface area contributed by atoms with Crippen LogP contribution in [0, 0.1) is 0 Å². The molecule has 0 N–H and O–H groups in total. The molecule has 4 nitrogen and oxygen atoms in total. The molecule has 0 aliphatic rings. The highest BCUT2D eigenvalue weighted by Gasteiger charge is 2.33. The summed E-state index contributed by atoms with van der Waals surface area (Å²) in [6.45, 7) is 4.87. The fraction of sp³-hybridized carbons (Fsp3) is 1.00. The van der Waals surface area contributed by atoms with Crippen LogP contribution in [-0.4, -0.2) is 53.5 Å². The van der Waals surface area contributed by atoms with Gasteiger partial charge in [0.2, 0.25) is 0 Å². The zero-order valence-electron chi connectivity index (χ0n) is 11.0. The maximum absolute atomic E-state index is 12.7. The van der Waals surface area contributed by atoms with Crippen molar-refractivity contribution in [2.75, 3.05) is 38.1 Å². The maximum atomic E-state index is 12.7. The van der Waals surface area contributed by atoms with Crippen LogP contribution < -0.4 is 0 Å². The maximum Gasteiger partial charge on any atom is 0.408 e. The number of hydrogen-bond donors (Lipinski definition) is 0. The molecule has 0 fully saturated rings. The molecule has 0 aliphatic carbocycles. The van der Waals surface area contributed by atoms with Crippen LogP contribution >= 0.6 is 54.2 Å². The molecule has 0 saturated carbocycles. The molecule has 2 atom stereocenters. The summed E-state index contributed by atoms with van der Waals surface area (Å²) in [5.74, 6) is 0.416. The largest absolute Gasteiger partial charge is 0.408 e. The topological polar surface area (TPSA) is 38.8 Å². The molecule has 0 aromatic carbocycles. The lowest BCUT2D eigenvalue weighted by Crippen LogP contribution is -2.26. The summed E-state index contributed by atoms with van der Waals surface area (Å²) >= 11 is 22.9. The summed E-state index contributed by atoms with van der Waals surface area (Å²) in [5, 5.41) is -0.844. The molecule has 0 spiro atoms. The van der Waals surface area contributed by atoms with E-state index in [1.165, 1.54) is 0 Å². The Morgan fingerprint density at radius 1 is 1.00 bits per heavy atom. The molecule has 0 amide bonds. The van der Waals surface area contributed by atoms with Crippen molar-refractivity contribution in [3.05, 3.63) is 0 Å². The van der Waals surface area contributed by atoms with Crippen molar-refractivity contribution in [3.63, 3.8) is 0 Å². The summed E-state index contributed by atoms with van der Waals surface area (Å²) in [7, 11) is -3.42. The Labute approximate surface area is 135 Å². The van der Waals surface area contributed by atoms with Gasteiger partial charge in [0.15, 0.2) is 0 Å². The Hall–Kier alpha value is 1.27. The van der Waals surface area contributed by atoms with Crippen LogP contribution in [0.3, 0.4) is 0 Å². The third-order valence-corrected chi connectivity index (χ3v) is 6.08. The van der Waals surface area contributed by atoms with Gasteiger partial charge in [-0.2, -0.15) is 0 Å². The van der Waals surface area contributed by atoms with Crippen molar-refractivity contribution in [1.29, 1.82) is 0 Å². The van der Waals surface area contributed by atoms with Crippen molar-refractivity contribution >= 4 is 54.2 Å². The first-order chi connectivity index (χ1) is 8.93. The van der Waals surface area contributed by atoms with Crippen LogP contribution in [0.5, 0.6) is 0 Å². The molecule has 0 saturated heterocycles. The highest BCUT2D eigenvalue weighted by atomic mass is 35.5. The predicted octanol–water partition coefficient (Wildman–Crippen LogP) is 4.16. The van der Waals surface area contributed by atoms with Crippen LogP contribution in [0.15, 0.2) is 0 Å². The lowest BCUT2D eigenvalue weighted by molar-refractivity contribution is 0.162. The molecule has 19 heavy (non-hydrogen) atoms. The second-order valence-electron chi connectivity index (χ2n) is 3.70. The fourth-order valence-corrected chi connectivity index (χ4v) is 3.52. The van der Waals surface area contributed by atoms with E-state index in [0.29, 0.717) is 13.1 Å². The van der Waals surface area contributed by atoms with Crippen LogP contribution in [0.4, 0.5) is 0 Å². The van der Waals surface area contributed by atoms with Gasteiger partial charge in [-0.05, 0) is 0 Å². The molecular weight excluding hydrogens is 355 g/mol. The smallest absolute Gasteiger partial charge is 0.295 e. The van der Waals surface area contributed by atoms with E-state index < -0.39 is 18.5 Å². The van der Waals surface area contributed by atoms with E-state index in [4.69, 9.17) is 55.5 Å². The quantitative estimate of drug-likeness (QED) is 0.402. The number of halogens is 4. The minimum Gasteiger partial charge on any atom is -0.295 e. The number of alkyl halides is 4. The molecule has 116 valence electrons. The summed E-state index contributed by atoms with van der Waals surface area (Å²) < 4.78 is 25.0. The molecule has 0 aromatic heterocycles. The van der Waals surface area contributed by atoms with Gasteiger partial charge in [-0.25, -0.2) is 9.24 Å². The third-order valence-electron chi connectivity index (χ3n) is 2.25. The second kappa shape index (κ2) is 10.9. The van der Waals surface area contributed by atoms with E-state index in [-0.39, 0.29) is 25.0 Å². The van der Waals surface area contributed by atoms with Crippen LogP contribution in [0.2, 0.25) is 0 Å². The zero-order chi connectivity index (χ0) is 14.9. The fourth-order valence-electron chi connectivity index (χ4n) is 1.21. The molecule has 0 aliphatic heterocycles. The van der Waals surface area contributed by atoms with Gasteiger partial charge in [-0.15, -0.1) is 46.4 Å². The molecule has 0 aromatic rings. The van der Waals surface area contributed by atoms with Gasteiger partial charge in [0.25, 0.3) is 0 Å². The Kier molecular flexibility index (Phi) is 11.6. The Morgan fingerprint density at radius 3 is 1.63 bits per heavy atom. The number of rotatable bonds is 11. The number of nitrogens with zero attached hydrogens (tertiary/aromatic N) is 1. The minimum absolute atomic E-state index is 0.0483. The van der Waals surface area contributed by atoms with E-state index >= 15 is 0 Å². The van der Waals surface area contributed by atoms with E-state index in [2.05, 4.69) is 0 Å². The van der Waals surface area contributed by atoms with Crippen molar-refractivity contribution in [2.45, 2.75) is 24.6 Å². The molecule has 0 radical (unpaired) electrons. The SMILES string of the molecule is CCN(CC)P(=O)(OCC(Cl)CCl)OCC(Cl)CCl. The van der Waals surface area contributed by atoms with Crippen molar-refractivity contribution < 1.29 is 13.6 Å². The van der Waals surface area contributed by atoms with Gasteiger partial charge >= 0.3 is 7.75 Å². The second-order valence-corrected chi connectivity index (χ2v) is 7.57. The Bertz CT molecular complexity index is 264. The lowest BCUT2D eigenvalue weighted by atomic mass is 10.5. The normalized spacial score (nSPS) is 18.3. The van der Waals surface area contributed by atoms with Crippen molar-refractivity contribution in [3.8, 4) is 0 Å². The first-order valence-corrected chi connectivity index (χ1v) is 9.41. The summed E-state index contributed by atoms with van der Waals surface area (Å²) in [6.07, 6.45) is 0. The van der Waals surface area contributed by atoms with Gasteiger partial charge in [-0.1, -0.05) is 13.8 Å². The van der Waals surface area contributed by atoms with Gasteiger partial charge in [-0.3, -0.25) is 9.05 Å². The first kappa shape index (κ1) is 20.3. The van der Waals surface area contributed by atoms with E-state index in [9.17, 15) is 4.57 Å². The van der Waals surface area contributed by atoms with Crippen LogP contribution in [0.25, 0.3) is 0 Å². The summed E-state index contributed by atoms with van der Waals surface area (Å²) in [4.78, 5) is 0. The highest BCUT2D eigenvalue weighted by Crippen LogP contribution is 2.52. The highest BCUT2D eigenvalue weighted by molar-refractivity contribution is 7.51. The lowest BCUT2D eigenvalue weighted by Gasteiger charge is -2.29. The molecule has 0 rings (SSSR count). The van der Waals surface area contributed by atoms with Crippen molar-refractivity contribution in [1.82, 2.24) is 4.67 Å². The third kappa shape index (κ3) is 7.73. The van der Waals surface area contributed by atoms with Crippen molar-refractivity contribution in [2.24, 2.45) is 0 Å². The van der Waals surface area contributed by atoms with Crippen LogP contribution in [-0.2, 0) is 13.6 Å². The van der Waals surface area contributed by atoms with E-state index in [1.807, 2.05) is 13.8 Å². The Morgan fingerprint density at radius 2 is 1.37 bits per heavy atom. The summed E-state index contributed by atoms with van der Waals surface area (Å²) in [6, 6.07) is 0.